The van der Waals surface area contributed by atoms with Crippen molar-refractivity contribution in [3.05, 3.63) is 32.3 Å². The number of hydrogen-bond acceptors (Lipinski definition) is 4. The molecule has 0 aromatic heterocycles. The average molecular weight is 309 g/mol. The Morgan fingerprint density at radius 3 is 2.69 bits per heavy atom. The fourth-order valence-corrected chi connectivity index (χ4v) is 1.80. The zero-order valence-corrected chi connectivity index (χ0v) is 10.5. The number of carbonyl (C=O) groups excluding carboxylic acids is 1. The Kier molecular flexibility index (Phi) is 4.26. The number of rotatable bonds is 4. The van der Waals surface area contributed by atoms with Crippen molar-refractivity contribution in [3.63, 3.8) is 0 Å². The fraction of sp³-hybridized carbons (Fsp3) is 0.222. The number of alkyl halides is 1. The molecular weight excluding hydrogens is 301 g/mol. The first-order valence-electron chi connectivity index (χ1n) is 4.12. The highest BCUT2D eigenvalue weighted by atomic mass is 79.9. The second-order valence-electron chi connectivity index (χ2n) is 2.82. The summed E-state index contributed by atoms with van der Waals surface area (Å²) < 4.78 is 5.30. The van der Waals surface area contributed by atoms with E-state index in [2.05, 4.69) is 15.9 Å². The summed E-state index contributed by atoms with van der Waals surface area (Å²) >= 11 is 8.50. The Morgan fingerprint density at radius 2 is 2.25 bits per heavy atom. The van der Waals surface area contributed by atoms with Crippen LogP contribution in [0.1, 0.15) is 10.4 Å². The molecule has 0 saturated carbocycles. The van der Waals surface area contributed by atoms with Gasteiger partial charge in [-0.15, -0.1) is 11.6 Å². The van der Waals surface area contributed by atoms with Gasteiger partial charge in [0.15, 0.2) is 5.78 Å². The van der Waals surface area contributed by atoms with Gasteiger partial charge in [-0.25, -0.2) is 0 Å². The standard InChI is InChI=1S/C9H7BrClNO4/c1-16-9-6(8(13)4-11)2-5(10)3-7(9)12(14)15/h2-3H,4H2,1H3. The molecule has 0 fully saturated rings. The van der Waals surface area contributed by atoms with Crippen LogP contribution in [-0.4, -0.2) is 23.7 Å². The highest BCUT2D eigenvalue weighted by Crippen LogP contribution is 2.34. The van der Waals surface area contributed by atoms with Gasteiger partial charge in [0, 0.05) is 10.5 Å². The third kappa shape index (κ3) is 2.51. The summed E-state index contributed by atoms with van der Waals surface area (Å²) in [5.41, 5.74) is -0.177. The molecule has 0 bridgehead atoms. The molecule has 1 aromatic carbocycles. The predicted molar refractivity (Wildman–Crippen MR) is 62.4 cm³/mol. The van der Waals surface area contributed by atoms with Gasteiger partial charge in [0.1, 0.15) is 0 Å². The Bertz CT molecular complexity index is 449. The molecule has 16 heavy (non-hydrogen) atoms. The minimum atomic E-state index is -0.616. The number of hydrogen-bond donors (Lipinski definition) is 0. The molecule has 0 heterocycles. The largest absolute Gasteiger partial charge is 0.490 e. The van der Waals surface area contributed by atoms with Crippen molar-refractivity contribution in [2.45, 2.75) is 0 Å². The van der Waals surface area contributed by atoms with Crippen LogP contribution in [0.2, 0.25) is 0 Å². The molecule has 7 heteroatoms. The van der Waals surface area contributed by atoms with Crippen LogP contribution in [0, 0.1) is 10.1 Å². The maximum atomic E-state index is 11.5. The molecule has 1 aromatic rings. The third-order valence-corrected chi connectivity index (χ3v) is 2.56. The molecule has 0 atom stereocenters. The van der Waals surface area contributed by atoms with Crippen molar-refractivity contribution in [1.29, 1.82) is 0 Å². The number of methoxy groups -OCH3 is 1. The first-order valence-corrected chi connectivity index (χ1v) is 5.45. The summed E-state index contributed by atoms with van der Waals surface area (Å²) in [6.07, 6.45) is 0. The fourth-order valence-electron chi connectivity index (χ4n) is 1.21. The van der Waals surface area contributed by atoms with Gasteiger partial charge < -0.3 is 4.74 Å². The number of carbonyl (C=O) groups is 1. The number of ether oxygens (including phenoxy) is 1. The first kappa shape index (κ1) is 12.9. The van der Waals surface area contributed by atoms with E-state index >= 15 is 0 Å². The van der Waals surface area contributed by atoms with Crippen LogP contribution < -0.4 is 4.74 Å². The molecule has 0 radical (unpaired) electrons. The highest BCUT2D eigenvalue weighted by Gasteiger charge is 2.23. The number of benzene rings is 1. The van der Waals surface area contributed by atoms with Gasteiger partial charge in [-0.1, -0.05) is 15.9 Å². The highest BCUT2D eigenvalue weighted by molar-refractivity contribution is 9.10. The molecule has 0 unspecified atom stereocenters. The van der Waals surface area contributed by atoms with Crippen molar-refractivity contribution < 1.29 is 14.5 Å². The first-order chi connectivity index (χ1) is 7.51. The van der Waals surface area contributed by atoms with Crippen molar-refractivity contribution in [3.8, 4) is 5.75 Å². The minimum Gasteiger partial charge on any atom is -0.490 e. The summed E-state index contributed by atoms with van der Waals surface area (Å²) in [5, 5.41) is 10.8. The van der Waals surface area contributed by atoms with Crippen molar-refractivity contribution >= 4 is 39.0 Å². The van der Waals surface area contributed by atoms with Crippen LogP contribution in [0.4, 0.5) is 5.69 Å². The average Bonchev–Trinajstić information content (AvgIpc) is 2.26. The topological polar surface area (TPSA) is 69.4 Å². The summed E-state index contributed by atoms with van der Waals surface area (Å²) in [6.45, 7) is 0. The predicted octanol–water partition coefficient (Wildman–Crippen LogP) is 2.79. The smallest absolute Gasteiger partial charge is 0.312 e. The number of nitro benzene ring substituents is 1. The van der Waals surface area contributed by atoms with Crippen molar-refractivity contribution in [2.24, 2.45) is 0 Å². The summed E-state index contributed by atoms with van der Waals surface area (Å²) in [4.78, 5) is 21.6. The van der Waals surface area contributed by atoms with E-state index in [1.165, 1.54) is 19.2 Å². The van der Waals surface area contributed by atoms with Crippen LogP contribution in [0.25, 0.3) is 0 Å². The normalized spacial score (nSPS) is 9.94. The Balaban J connectivity index is 3.48. The summed E-state index contributed by atoms with van der Waals surface area (Å²) in [5.74, 6) is -0.758. The van der Waals surface area contributed by atoms with Crippen LogP contribution in [-0.2, 0) is 0 Å². The van der Waals surface area contributed by atoms with E-state index in [1.807, 2.05) is 0 Å². The van der Waals surface area contributed by atoms with Gasteiger partial charge in [-0.3, -0.25) is 14.9 Å². The Morgan fingerprint density at radius 1 is 1.62 bits per heavy atom. The number of Topliss-reactive ketones (excluding diaryl/α,β-unsaturated/α-hetero) is 1. The molecule has 0 spiro atoms. The Labute approximate surface area is 105 Å². The van der Waals surface area contributed by atoms with Gasteiger partial charge in [-0.05, 0) is 6.07 Å². The molecular formula is C9H7BrClNO4. The van der Waals surface area contributed by atoms with Crippen LogP contribution in [0.3, 0.4) is 0 Å². The van der Waals surface area contributed by atoms with E-state index in [9.17, 15) is 14.9 Å². The molecule has 0 N–H and O–H groups in total. The maximum absolute atomic E-state index is 11.5. The molecule has 5 nitrogen and oxygen atoms in total. The number of nitro groups is 1. The van der Waals surface area contributed by atoms with E-state index in [0.717, 1.165) is 0 Å². The molecule has 86 valence electrons. The summed E-state index contributed by atoms with van der Waals surface area (Å²) in [6, 6.07) is 2.71. The van der Waals surface area contributed by atoms with Crippen LogP contribution in [0.5, 0.6) is 5.75 Å². The van der Waals surface area contributed by atoms with Gasteiger partial charge in [0.2, 0.25) is 5.75 Å². The molecule has 0 amide bonds. The van der Waals surface area contributed by atoms with E-state index in [1.54, 1.807) is 0 Å². The minimum absolute atomic E-state index is 0.0705. The lowest BCUT2D eigenvalue weighted by Crippen LogP contribution is -2.06. The zero-order chi connectivity index (χ0) is 12.3. The lowest BCUT2D eigenvalue weighted by atomic mass is 10.1. The van der Waals surface area contributed by atoms with E-state index in [0.29, 0.717) is 4.47 Å². The monoisotopic (exact) mass is 307 g/mol. The molecule has 0 aliphatic heterocycles. The second-order valence-corrected chi connectivity index (χ2v) is 4.00. The van der Waals surface area contributed by atoms with Gasteiger partial charge in [0.25, 0.3) is 0 Å². The molecule has 0 aliphatic carbocycles. The molecule has 0 saturated heterocycles. The van der Waals surface area contributed by atoms with Crippen LogP contribution in [0.15, 0.2) is 16.6 Å². The lowest BCUT2D eigenvalue weighted by Gasteiger charge is -2.07. The third-order valence-electron chi connectivity index (χ3n) is 1.86. The number of halogens is 2. The van der Waals surface area contributed by atoms with Gasteiger partial charge in [0.05, 0.1) is 23.5 Å². The number of nitrogens with zero attached hydrogens (tertiary/aromatic N) is 1. The lowest BCUT2D eigenvalue weighted by molar-refractivity contribution is -0.385. The van der Waals surface area contributed by atoms with E-state index in [4.69, 9.17) is 16.3 Å². The summed E-state index contributed by atoms with van der Waals surface area (Å²) in [7, 11) is 1.27. The number of ketones is 1. The molecule has 1 rings (SSSR count). The zero-order valence-electron chi connectivity index (χ0n) is 8.20. The van der Waals surface area contributed by atoms with Crippen molar-refractivity contribution in [1.82, 2.24) is 0 Å². The Hall–Kier alpha value is -1.14. The van der Waals surface area contributed by atoms with Gasteiger partial charge >= 0.3 is 5.69 Å². The second kappa shape index (κ2) is 5.27. The van der Waals surface area contributed by atoms with Crippen molar-refractivity contribution in [2.75, 3.05) is 13.0 Å². The maximum Gasteiger partial charge on any atom is 0.312 e. The SMILES string of the molecule is COc1c(C(=O)CCl)cc(Br)cc1[N+](=O)[O-]. The van der Waals surface area contributed by atoms with Crippen LogP contribution >= 0.6 is 27.5 Å². The quantitative estimate of drug-likeness (QED) is 0.371. The van der Waals surface area contributed by atoms with E-state index in [-0.39, 0.29) is 22.9 Å². The van der Waals surface area contributed by atoms with E-state index < -0.39 is 10.7 Å². The molecule has 0 aliphatic rings. The van der Waals surface area contributed by atoms with Gasteiger partial charge in [-0.2, -0.15) is 0 Å².